The van der Waals surface area contributed by atoms with Crippen LogP contribution in [-0.2, 0) is 4.74 Å². The van der Waals surface area contributed by atoms with Gasteiger partial charge in [-0.2, -0.15) is 0 Å². The van der Waals surface area contributed by atoms with Crippen molar-refractivity contribution in [1.82, 2.24) is 0 Å². The molecular weight excluding hydrogens is 230 g/mol. The van der Waals surface area contributed by atoms with Crippen molar-refractivity contribution < 1.29 is 14.3 Å². The van der Waals surface area contributed by atoms with E-state index in [4.69, 9.17) is 15.2 Å². The van der Waals surface area contributed by atoms with Gasteiger partial charge in [0.1, 0.15) is 5.75 Å². The Morgan fingerprint density at radius 1 is 1.56 bits per heavy atom. The normalized spacial score (nSPS) is 18.8. The molecule has 0 radical (unpaired) electrons. The van der Waals surface area contributed by atoms with Crippen molar-refractivity contribution in [1.29, 1.82) is 0 Å². The van der Waals surface area contributed by atoms with E-state index in [9.17, 15) is 4.79 Å². The quantitative estimate of drug-likeness (QED) is 0.643. The predicted molar refractivity (Wildman–Crippen MR) is 69.9 cm³/mol. The van der Waals surface area contributed by atoms with Gasteiger partial charge in [-0.25, -0.2) is 0 Å². The number of rotatable bonds is 5. The van der Waals surface area contributed by atoms with Crippen LogP contribution in [0.5, 0.6) is 5.75 Å². The predicted octanol–water partition coefficient (Wildman–Crippen LogP) is 2.42. The van der Waals surface area contributed by atoms with Crippen LogP contribution in [-0.4, -0.2) is 25.6 Å². The fourth-order valence-electron chi connectivity index (χ4n) is 2.20. The summed E-state index contributed by atoms with van der Waals surface area (Å²) in [7, 11) is 1.58. The number of carbonyl (C=O) groups is 1. The molecule has 0 saturated carbocycles. The average Bonchev–Trinajstić information content (AvgIpc) is 2.89. The fraction of sp³-hybridized carbons (Fsp3) is 0.500. The van der Waals surface area contributed by atoms with Crippen molar-refractivity contribution in [2.24, 2.45) is 0 Å². The van der Waals surface area contributed by atoms with Gasteiger partial charge in [0.15, 0.2) is 5.78 Å². The largest absolute Gasteiger partial charge is 0.497 e. The number of nitrogen functional groups attached to an aromatic ring is 1. The number of methoxy groups -OCH3 is 1. The summed E-state index contributed by atoms with van der Waals surface area (Å²) in [5, 5.41) is 0. The van der Waals surface area contributed by atoms with E-state index in [2.05, 4.69) is 0 Å². The number of anilines is 1. The maximum atomic E-state index is 12.1. The Kier molecular flexibility index (Phi) is 4.20. The van der Waals surface area contributed by atoms with Gasteiger partial charge in [0.05, 0.1) is 13.2 Å². The minimum absolute atomic E-state index is 0.0573. The number of benzene rings is 1. The van der Waals surface area contributed by atoms with Gasteiger partial charge in [-0.15, -0.1) is 0 Å². The van der Waals surface area contributed by atoms with Crippen molar-refractivity contribution in [2.75, 3.05) is 19.5 Å². The molecule has 1 unspecified atom stereocenters. The zero-order chi connectivity index (χ0) is 13.0. The molecule has 0 aliphatic carbocycles. The van der Waals surface area contributed by atoms with Gasteiger partial charge >= 0.3 is 0 Å². The van der Waals surface area contributed by atoms with E-state index in [1.165, 1.54) is 0 Å². The number of hydrogen-bond acceptors (Lipinski definition) is 4. The van der Waals surface area contributed by atoms with Crippen LogP contribution in [0.25, 0.3) is 0 Å². The highest BCUT2D eigenvalue weighted by Gasteiger charge is 2.18. The molecule has 1 saturated heterocycles. The SMILES string of the molecule is COc1ccc(N)c(C(=O)CCC2CCCO2)c1. The van der Waals surface area contributed by atoms with Crippen molar-refractivity contribution in [3.8, 4) is 5.75 Å². The highest BCUT2D eigenvalue weighted by atomic mass is 16.5. The van der Waals surface area contributed by atoms with Crippen LogP contribution in [0, 0.1) is 0 Å². The number of hydrogen-bond donors (Lipinski definition) is 1. The van der Waals surface area contributed by atoms with Gasteiger partial charge in [0.25, 0.3) is 0 Å². The van der Waals surface area contributed by atoms with Gasteiger partial charge < -0.3 is 15.2 Å². The van der Waals surface area contributed by atoms with E-state index < -0.39 is 0 Å². The molecule has 1 aromatic rings. The first-order valence-electron chi connectivity index (χ1n) is 6.29. The third-order valence-electron chi connectivity index (χ3n) is 3.28. The Morgan fingerprint density at radius 3 is 3.06 bits per heavy atom. The Labute approximate surface area is 107 Å². The van der Waals surface area contributed by atoms with Gasteiger partial charge in [-0.1, -0.05) is 0 Å². The molecule has 2 rings (SSSR count). The van der Waals surface area contributed by atoms with Crippen LogP contribution < -0.4 is 10.5 Å². The van der Waals surface area contributed by atoms with E-state index in [1.807, 2.05) is 0 Å². The zero-order valence-corrected chi connectivity index (χ0v) is 10.6. The highest BCUT2D eigenvalue weighted by Crippen LogP contribution is 2.23. The van der Waals surface area contributed by atoms with Crippen molar-refractivity contribution in [3.05, 3.63) is 23.8 Å². The third-order valence-corrected chi connectivity index (χ3v) is 3.28. The Bertz CT molecular complexity index is 425. The second-order valence-electron chi connectivity index (χ2n) is 4.55. The van der Waals surface area contributed by atoms with Crippen LogP contribution in [0.4, 0.5) is 5.69 Å². The lowest BCUT2D eigenvalue weighted by molar-refractivity contribution is 0.0860. The van der Waals surface area contributed by atoms with Gasteiger partial charge in [-0.05, 0) is 37.5 Å². The number of ether oxygens (including phenoxy) is 2. The first-order chi connectivity index (χ1) is 8.70. The fourth-order valence-corrected chi connectivity index (χ4v) is 2.20. The van der Waals surface area contributed by atoms with Crippen molar-refractivity contribution in [3.63, 3.8) is 0 Å². The molecule has 4 heteroatoms. The lowest BCUT2D eigenvalue weighted by atomic mass is 10.0. The van der Waals surface area contributed by atoms with Crippen molar-refractivity contribution in [2.45, 2.75) is 31.8 Å². The molecule has 1 atom stereocenters. The molecule has 4 nitrogen and oxygen atoms in total. The zero-order valence-electron chi connectivity index (χ0n) is 10.6. The summed E-state index contributed by atoms with van der Waals surface area (Å²) in [6.45, 7) is 0.820. The second kappa shape index (κ2) is 5.87. The molecule has 1 aromatic carbocycles. The van der Waals surface area contributed by atoms with E-state index in [-0.39, 0.29) is 11.9 Å². The molecule has 0 amide bonds. The van der Waals surface area contributed by atoms with Gasteiger partial charge in [0, 0.05) is 24.3 Å². The number of Topliss-reactive ketones (excluding diaryl/α,β-unsaturated/α-hetero) is 1. The van der Waals surface area contributed by atoms with Crippen molar-refractivity contribution >= 4 is 11.5 Å². The molecule has 1 fully saturated rings. The smallest absolute Gasteiger partial charge is 0.165 e. The Hall–Kier alpha value is -1.55. The Morgan fingerprint density at radius 2 is 2.39 bits per heavy atom. The lowest BCUT2D eigenvalue weighted by Gasteiger charge is -2.10. The van der Waals surface area contributed by atoms with Gasteiger partial charge in [-0.3, -0.25) is 4.79 Å². The van der Waals surface area contributed by atoms with Crippen LogP contribution in [0.3, 0.4) is 0 Å². The second-order valence-corrected chi connectivity index (χ2v) is 4.55. The summed E-state index contributed by atoms with van der Waals surface area (Å²) < 4.78 is 10.6. The maximum Gasteiger partial charge on any atom is 0.165 e. The average molecular weight is 249 g/mol. The first kappa shape index (κ1) is 12.9. The first-order valence-corrected chi connectivity index (χ1v) is 6.29. The van der Waals surface area contributed by atoms with Gasteiger partial charge in [0.2, 0.25) is 0 Å². The third kappa shape index (κ3) is 3.01. The molecule has 1 aliphatic heterocycles. The number of carbonyl (C=O) groups excluding carboxylic acids is 1. The van der Waals surface area contributed by atoms with E-state index in [0.717, 1.165) is 25.9 Å². The Balaban J connectivity index is 1.98. The minimum Gasteiger partial charge on any atom is -0.497 e. The summed E-state index contributed by atoms with van der Waals surface area (Å²) in [5.74, 6) is 0.714. The standard InChI is InChI=1S/C14H19NO3/c1-17-11-4-6-13(15)12(9-11)14(16)7-5-10-3-2-8-18-10/h4,6,9-10H,2-3,5,7-8,15H2,1H3. The molecule has 0 aromatic heterocycles. The molecular formula is C14H19NO3. The summed E-state index contributed by atoms with van der Waals surface area (Å²) in [6, 6.07) is 5.16. The molecule has 2 N–H and O–H groups in total. The van der Waals surface area contributed by atoms with Crippen LogP contribution >= 0.6 is 0 Å². The number of nitrogens with two attached hydrogens (primary N) is 1. The molecule has 18 heavy (non-hydrogen) atoms. The van der Waals surface area contributed by atoms with Crippen LogP contribution in [0.1, 0.15) is 36.0 Å². The van der Waals surface area contributed by atoms with Crippen LogP contribution in [0.15, 0.2) is 18.2 Å². The number of ketones is 1. The van der Waals surface area contributed by atoms with Crippen LogP contribution in [0.2, 0.25) is 0 Å². The molecule has 1 heterocycles. The topological polar surface area (TPSA) is 61.5 Å². The highest BCUT2D eigenvalue weighted by molar-refractivity contribution is 6.01. The summed E-state index contributed by atoms with van der Waals surface area (Å²) in [6.07, 6.45) is 3.64. The molecule has 98 valence electrons. The summed E-state index contributed by atoms with van der Waals surface area (Å²) in [5.41, 5.74) is 6.88. The monoisotopic (exact) mass is 249 g/mol. The summed E-state index contributed by atoms with van der Waals surface area (Å²) >= 11 is 0. The minimum atomic E-state index is 0.0573. The lowest BCUT2D eigenvalue weighted by Crippen LogP contribution is -2.10. The van der Waals surface area contributed by atoms with E-state index >= 15 is 0 Å². The van der Waals surface area contributed by atoms with E-state index in [1.54, 1.807) is 25.3 Å². The van der Waals surface area contributed by atoms with E-state index in [0.29, 0.717) is 23.4 Å². The molecule has 0 bridgehead atoms. The maximum absolute atomic E-state index is 12.1. The summed E-state index contributed by atoms with van der Waals surface area (Å²) in [4.78, 5) is 12.1. The molecule has 1 aliphatic rings. The molecule has 0 spiro atoms.